The minimum Gasteiger partial charge on any atom is -0.387 e. The van der Waals surface area contributed by atoms with Crippen LogP contribution in [-0.2, 0) is 16.1 Å². The molecule has 0 aromatic heterocycles. The lowest BCUT2D eigenvalue weighted by atomic mass is 9.95. The van der Waals surface area contributed by atoms with E-state index in [4.69, 9.17) is 28.9 Å². The Morgan fingerprint density at radius 1 is 1.03 bits per heavy atom. The van der Waals surface area contributed by atoms with Crippen LogP contribution in [0.3, 0.4) is 0 Å². The van der Waals surface area contributed by atoms with Crippen LogP contribution in [0.4, 0.5) is 0 Å². The van der Waals surface area contributed by atoms with Gasteiger partial charge in [-0.25, -0.2) is 0 Å². The number of hydrogen-bond acceptors (Lipinski definition) is 4. The van der Waals surface area contributed by atoms with E-state index in [0.29, 0.717) is 27.7 Å². The lowest BCUT2D eigenvalue weighted by Gasteiger charge is -2.31. The Morgan fingerprint density at radius 2 is 1.61 bits per heavy atom. The maximum atomic E-state index is 13.2. The molecule has 180 valence electrons. The molecule has 0 aliphatic heterocycles. The zero-order valence-corrected chi connectivity index (χ0v) is 21.2. The summed E-state index contributed by atoms with van der Waals surface area (Å²) in [6, 6.07) is 11.1. The van der Waals surface area contributed by atoms with E-state index in [1.54, 1.807) is 35.2 Å². The van der Waals surface area contributed by atoms with Crippen LogP contribution in [-0.4, -0.2) is 34.4 Å². The first-order valence-corrected chi connectivity index (χ1v) is 11.6. The third-order valence-corrected chi connectivity index (χ3v) is 6.08. The van der Waals surface area contributed by atoms with Gasteiger partial charge in [-0.15, -0.1) is 0 Å². The summed E-state index contributed by atoms with van der Waals surface area (Å²) in [6.45, 7) is 9.77. The van der Waals surface area contributed by atoms with E-state index in [1.165, 1.54) is 0 Å². The summed E-state index contributed by atoms with van der Waals surface area (Å²) in [6.07, 6.45) is -0.938. The molecule has 6 nitrogen and oxygen atoms in total. The van der Waals surface area contributed by atoms with Crippen molar-refractivity contribution in [3.05, 3.63) is 69.2 Å². The Kier molecular flexibility index (Phi) is 9.32. The van der Waals surface area contributed by atoms with E-state index in [0.717, 1.165) is 5.56 Å². The Balaban J connectivity index is 2.08. The molecule has 0 saturated heterocycles. The molecular weight excluding hydrogens is 461 g/mol. The number of nitrogens with one attached hydrogen (secondary N) is 1. The number of amides is 2. The quantitative estimate of drug-likeness (QED) is 0.499. The van der Waals surface area contributed by atoms with Gasteiger partial charge >= 0.3 is 0 Å². The van der Waals surface area contributed by atoms with Crippen molar-refractivity contribution in [2.24, 2.45) is 11.1 Å². The number of hydrogen-bond donors (Lipinski definition) is 3. The van der Waals surface area contributed by atoms with E-state index < -0.39 is 17.6 Å². The summed E-state index contributed by atoms with van der Waals surface area (Å²) in [7, 11) is 0. The summed E-state index contributed by atoms with van der Waals surface area (Å²) in [5, 5.41) is 14.3. The molecule has 2 amide bonds. The minimum absolute atomic E-state index is 0.0356. The molecule has 0 aliphatic rings. The van der Waals surface area contributed by atoms with Crippen LogP contribution >= 0.6 is 23.2 Å². The molecule has 2 aromatic rings. The second kappa shape index (κ2) is 11.3. The maximum Gasteiger partial charge on any atom is 0.244 e. The van der Waals surface area contributed by atoms with Crippen LogP contribution in [0.2, 0.25) is 10.0 Å². The number of aliphatic hydroxyl groups is 1. The molecule has 0 aliphatic carbocycles. The van der Waals surface area contributed by atoms with Gasteiger partial charge < -0.3 is 21.1 Å². The second-order valence-electron chi connectivity index (χ2n) is 9.43. The van der Waals surface area contributed by atoms with Crippen LogP contribution in [0.1, 0.15) is 63.5 Å². The van der Waals surface area contributed by atoms with Gasteiger partial charge in [0.05, 0.1) is 22.7 Å². The molecule has 2 aromatic carbocycles. The number of carbonyl (C=O) groups is 2. The largest absolute Gasteiger partial charge is 0.387 e. The topological polar surface area (TPSA) is 95.7 Å². The van der Waals surface area contributed by atoms with E-state index in [9.17, 15) is 14.7 Å². The fraction of sp³-hybridized carbons (Fsp3) is 0.440. The molecule has 0 heterocycles. The van der Waals surface area contributed by atoms with Crippen molar-refractivity contribution in [3.63, 3.8) is 0 Å². The van der Waals surface area contributed by atoms with Crippen LogP contribution in [0.25, 0.3) is 0 Å². The molecular formula is C25H33Cl2N3O3. The van der Waals surface area contributed by atoms with Gasteiger partial charge in [-0.3, -0.25) is 9.59 Å². The first-order chi connectivity index (χ1) is 15.3. The number of halogens is 2. The smallest absolute Gasteiger partial charge is 0.244 e. The lowest BCUT2D eigenvalue weighted by Crippen LogP contribution is -2.44. The normalized spacial score (nSPS) is 13.5. The molecule has 0 fully saturated rings. The van der Waals surface area contributed by atoms with E-state index in [-0.39, 0.29) is 24.4 Å². The molecule has 8 heteroatoms. The van der Waals surface area contributed by atoms with Crippen molar-refractivity contribution in [1.82, 2.24) is 10.2 Å². The van der Waals surface area contributed by atoms with Crippen LogP contribution < -0.4 is 11.1 Å². The van der Waals surface area contributed by atoms with Gasteiger partial charge in [-0.2, -0.15) is 0 Å². The number of rotatable bonds is 8. The van der Waals surface area contributed by atoms with E-state index in [1.807, 2.05) is 46.8 Å². The number of nitrogens with zero attached hydrogens (tertiary/aromatic N) is 1. The maximum absolute atomic E-state index is 13.2. The SMILES string of the molecule is CC(C)N(CC(O)c1ccc(Cl)c(Cl)c1)C(=O)C(N)c1ccc(CNC(=O)C(C)(C)C)cc1. The minimum atomic E-state index is -0.938. The van der Waals surface area contributed by atoms with Crippen LogP contribution in [0.15, 0.2) is 42.5 Å². The highest BCUT2D eigenvalue weighted by Gasteiger charge is 2.27. The number of carbonyl (C=O) groups excluding carboxylic acids is 2. The molecule has 0 bridgehead atoms. The summed E-state index contributed by atoms with van der Waals surface area (Å²) >= 11 is 12.0. The predicted octanol–water partition coefficient (Wildman–Crippen LogP) is 4.63. The molecule has 2 atom stereocenters. The first-order valence-electron chi connectivity index (χ1n) is 10.9. The van der Waals surface area contributed by atoms with Crippen molar-refractivity contribution in [3.8, 4) is 0 Å². The molecule has 0 spiro atoms. The van der Waals surface area contributed by atoms with E-state index in [2.05, 4.69) is 5.32 Å². The Hall–Kier alpha value is -2.12. The van der Waals surface area contributed by atoms with Gasteiger partial charge in [0, 0.05) is 18.0 Å². The van der Waals surface area contributed by atoms with Gasteiger partial charge in [-0.1, -0.05) is 74.3 Å². The molecule has 4 N–H and O–H groups in total. The van der Waals surface area contributed by atoms with Crippen molar-refractivity contribution >= 4 is 35.0 Å². The standard InChI is InChI=1S/C25H33Cl2N3O3/c1-15(2)30(14-21(31)18-10-11-19(26)20(27)12-18)23(32)22(28)17-8-6-16(7-9-17)13-29-24(33)25(3,4)5/h6-12,15,21-22,31H,13-14,28H2,1-5H3,(H,29,33). The van der Waals surface area contributed by atoms with E-state index >= 15 is 0 Å². The highest BCUT2D eigenvalue weighted by molar-refractivity contribution is 6.42. The third kappa shape index (κ3) is 7.44. The zero-order valence-electron chi connectivity index (χ0n) is 19.7. The van der Waals surface area contributed by atoms with Crippen molar-refractivity contribution in [2.45, 2.75) is 59.4 Å². The summed E-state index contributed by atoms with van der Waals surface area (Å²) in [5.41, 5.74) is 7.95. The van der Waals surface area contributed by atoms with Crippen LogP contribution in [0.5, 0.6) is 0 Å². The Morgan fingerprint density at radius 3 is 2.12 bits per heavy atom. The third-order valence-electron chi connectivity index (χ3n) is 5.34. The summed E-state index contributed by atoms with van der Waals surface area (Å²) in [4.78, 5) is 26.8. The van der Waals surface area contributed by atoms with Gasteiger partial charge in [0.25, 0.3) is 0 Å². The zero-order chi connectivity index (χ0) is 24.9. The lowest BCUT2D eigenvalue weighted by molar-refractivity contribution is -0.136. The van der Waals surface area contributed by atoms with Crippen LogP contribution in [0, 0.1) is 5.41 Å². The number of aliphatic hydroxyl groups excluding tert-OH is 1. The molecule has 0 radical (unpaired) electrons. The highest BCUT2D eigenvalue weighted by atomic mass is 35.5. The molecule has 2 rings (SSSR count). The first kappa shape index (κ1) is 27.1. The van der Waals surface area contributed by atoms with Gasteiger partial charge in [0.2, 0.25) is 11.8 Å². The van der Waals surface area contributed by atoms with Crippen molar-refractivity contribution in [2.75, 3.05) is 6.54 Å². The predicted molar refractivity (Wildman–Crippen MR) is 133 cm³/mol. The van der Waals surface area contributed by atoms with Crippen molar-refractivity contribution in [1.29, 1.82) is 0 Å². The Bertz CT molecular complexity index is 972. The number of nitrogens with two attached hydrogens (primary N) is 1. The molecule has 33 heavy (non-hydrogen) atoms. The van der Waals surface area contributed by atoms with Crippen molar-refractivity contribution < 1.29 is 14.7 Å². The van der Waals surface area contributed by atoms with Gasteiger partial charge in [0.15, 0.2) is 0 Å². The average Bonchev–Trinajstić information content (AvgIpc) is 2.75. The highest BCUT2D eigenvalue weighted by Crippen LogP contribution is 2.27. The fourth-order valence-electron chi connectivity index (χ4n) is 3.18. The molecule has 2 unspecified atom stereocenters. The average molecular weight is 494 g/mol. The van der Waals surface area contributed by atoms with Gasteiger partial charge in [0.1, 0.15) is 6.04 Å². The van der Waals surface area contributed by atoms with Gasteiger partial charge in [-0.05, 0) is 42.7 Å². The summed E-state index contributed by atoms with van der Waals surface area (Å²) < 4.78 is 0. The fourth-order valence-corrected chi connectivity index (χ4v) is 3.48. The second-order valence-corrected chi connectivity index (χ2v) is 10.2. The number of benzene rings is 2. The Labute approximate surface area is 206 Å². The monoisotopic (exact) mass is 493 g/mol. The summed E-state index contributed by atoms with van der Waals surface area (Å²) in [5.74, 6) is -0.329. The molecule has 0 saturated carbocycles.